The summed E-state index contributed by atoms with van der Waals surface area (Å²) in [6, 6.07) is 14.0. The Hall–Kier alpha value is -2.45. The molecular weight excluding hydrogens is 418 g/mol. The van der Waals surface area contributed by atoms with Crippen molar-refractivity contribution >= 4 is 55.9 Å². The Balaban J connectivity index is 1.67. The Morgan fingerprint density at radius 3 is 2.77 bits per heavy atom. The van der Waals surface area contributed by atoms with Crippen molar-refractivity contribution in [2.45, 2.75) is 11.9 Å². The van der Waals surface area contributed by atoms with Crippen LogP contribution in [-0.2, 0) is 4.79 Å². The molecule has 1 aromatic heterocycles. The fourth-order valence-electron chi connectivity index (χ4n) is 2.44. The summed E-state index contributed by atoms with van der Waals surface area (Å²) < 4.78 is 0.463. The van der Waals surface area contributed by atoms with Crippen molar-refractivity contribution in [3.63, 3.8) is 0 Å². The van der Waals surface area contributed by atoms with Crippen LogP contribution in [0.2, 0.25) is 0 Å². The van der Waals surface area contributed by atoms with Gasteiger partial charge in [-0.2, -0.15) is 0 Å². The molecule has 1 heterocycles. The third-order valence-corrected chi connectivity index (χ3v) is 5.26. The first-order valence-electron chi connectivity index (χ1n) is 7.67. The fraction of sp³-hybridized carbons (Fsp3) is 0.111. The molecule has 8 heteroatoms. The lowest BCUT2D eigenvalue weighted by atomic mass is 10.1. The summed E-state index contributed by atoms with van der Waals surface area (Å²) in [5, 5.41) is 15.4. The van der Waals surface area contributed by atoms with Gasteiger partial charge in [0.05, 0.1) is 26.9 Å². The largest absolute Gasteiger partial charge is 0.324 e. The minimum absolute atomic E-state index is 0.0416. The number of para-hydroxylation sites is 1. The molecule has 0 saturated carbocycles. The molecule has 0 fully saturated rings. The molecule has 0 atom stereocenters. The standard InChI is InChI=1S/C18H14BrN3O3S/c1-11-8-18(21-15-5-3-2-4-13(11)15)26-10-17(23)20-16-7-6-12(22(24)25)9-14(16)19/h2-9H,10H2,1H3,(H,20,23). The van der Waals surface area contributed by atoms with E-state index in [9.17, 15) is 14.9 Å². The van der Waals surface area contributed by atoms with Gasteiger partial charge in [-0.1, -0.05) is 30.0 Å². The highest BCUT2D eigenvalue weighted by atomic mass is 79.9. The Labute approximate surface area is 162 Å². The predicted molar refractivity (Wildman–Crippen MR) is 107 cm³/mol. The van der Waals surface area contributed by atoms with E-state index >= 15 is 0 Å². The Kier molecular flexibility index (Phi) is 5.53. The van der Waals surface area contributed by atoms with Gasteiger partial charge in [-0.05, 0) is 46.6 Å². The van der Waals surface area contributed by atoms with E-state index in [1.807, 2.05) is 37.3 Å². The molecule has 0 spiro atoms. The van der Waals surface area contributed by atoms with Crippen molar-refractivity contribution in [1.29, 1.82) is 0 Å². The number of rotatable bonds is 5. The van der Waals surface area contributed by atoms with E-state index in [4.69, 9.17) is 0 Å². The number of nitro groups is 1. The van der Waals surface area contributed by atoms with Crippen molar-refractivity contribution in [3.05, 3.63) is 68.7 Å². The number of non-ortho nitro benzene ring substituents is 1. The average molecular weight is 432 g/mol. The second-order valence-electron chi connectivity index (χ2n) is 5.55. The topological polar surface area (TPSA) is 85.1 Å². The quantitative estimate of drug-likeness (QED) is 0.351. The molecule has 0 aliphatic rings. The van der Waals surface area contributed by atoms with E-state index < -0.39 is 4.92 Å². The molecular formula is C18H14BrN3O3S. The van der Waals surface area contributed by atoms with Gasteiger partial charge >= 0.3 is 0 Å². The van der Waals surface area contributed by atoms with Gasteiger partial charge in [-0.3, -0.25) is 14.9 Å². The highest BCUT2D eigenvalue weighted by Crippen LogP contribution is 2.28. The zero-order valence-corrected chi connectivity index (χ0v) is 16.1. The van der Waals surface area contributed by atoms with Crippen molar-refractivity contribution in [1.82, 2.24) is 4.98 Å². The van der Waals surface area contributed by atoms with Gasteiger partial charge in [0.2, 0.25) is 5.91 Å². The second kappa shape index (κ2) is 7.84. The minimum atomic E-state index is -0.486. The van der Waals surface area contributed by atoms with Crippen molar-refractivity contribution < 1.29 is 9.72 Å². The number of anilines is 1. The average Bonchev–Trinajstić information content (AvgIpc) is 2.61. The first kappa shape index (κ1) is 18.3. The summed E-state index contributed by atoms with van der Waals surface area (Å²) in [6.45, 7) is 2.02. The van der Waals surface area contributed by atoms with Crippen LogP contribution in [0.25, 0.3) is 10.9 Å². The molecule has 132 valence electrons. The van der Waals surface area contributed by atoms with Crippen LogP contribution < -0.4 is 5.32 Å². The van der Waals surface area contributed by atoms with E-state index in [-0.39, 0.29) is 17.3 Å². The van der Waals surface area contributed by atoms with Crippen LogP contribution in [0.15, 0.2) is 58.0 Å². The third-order valence-electron chi connectivity index (χ3n) is 3.69. The third kappa shape index (κ3) is 4.20. The van der Waals surface area contributed by atoms with Crippen molar-refractivity contribution in [2.24, 2.45) is 0 Å². The zero-order chi connectivity index (χ0) is 18.7. The molecule has 1 amide bonds. The lowest BCUT2D eigenvalue weighted by Crippen LogP contribution is -2.14. The fourth-order valence-corrected chi connectivity index (χ4v) is 3.68. The van der Waals surface area contributed by atoms with E-state index in [0.717, 1.165) is 21.5 Å². The van der Waals surface area contributed by atoms with Crippen molar-refractivity contribution in [2.75, 3.05) is 11.1 Å². The zero-order valence-electron chi connectivity index (χ0n) is 13.7. The van der Waals surface area contributed by atoms with Gasteiger partial charge in [0.15, 0.2) is 0 Å². The molecule has 0 unspecified atom stereocenters. The predicted octanol–water partition coefficient (Wildman–Crippen LogP) is 4.94. The summed E-state index contributed by atoms with van der Waals surface area (Å²) in [6.07, 6.45) is 0. The first-order valence-corrected chi connectivity index (χ1v) is 9.45. The Morgan fingerprint density at radius 2 is 2.04 bits per heavy atom. The summed E-state index contributed by atoms with van der Waals surface area (Å²) >= 11 is 4.58. The van der Waals surface area contributed by atoms with E-state index in [2.05, 4.69) is 26.2 Å². The van der Waals surface area contributed by atoms with Gasteiger partial charge in [0, 0.05) is 22.0 Å². The van der Waals surface area contributed by atoms with Crippen LogP contribution in [0.1, 0.15) is 5.56 Å². The van der Waals surface area contributed by atoms with E-state index in [0.29, 0.717) is 10.2 Å². The molecule has 3 rings (SSSR count). The van der Waals surface area contributed by atoms with Crippen LogP contribution >= 0.6 is 27.7 Å². The highest BCUT2D eigenvalue weighted by Gasteiger charge is 2.12. The van der Waals surface area contributed by atoms with Crippen LogP contribution in [0, 0.1) is 17.0 Å². The lowest BCUT2D eigenvalue weighted by molar-refractivity contribution is -0.384. The van der Waals surface area contributed by atoms with Crippen LogP contribution in [0.5, 0.6) is 0 Å². The SMILES string of the molecule is Cc1cc(SCC(=O)Nc2ccc([N+](=O)[O-])cc2Br)nc2ccccc12. The lowest BCUT2D eigenvalue weighted by Gasteiger charge is -2.08. The van der Waals surface area contributed by atoms with Crippen LogP contribution in [0.4, 0.5) is 11.4 Å². The van der Waals surface area contributed by atoms with Crippen LogP contribution in [0.3, 0.4) is 0 Å². The van der Waals surface area contributed by atoms with E-state index in [1.165, 1.54) is 30.0 Å². The number of thioether (sulfide) groups is 1. The Morgan fingerprint density at radius 1 is 1.27 bits per heavy atom. The first-order chi connectivity index (χ1) is 12.4. The Bertz CT molecular complexity index is 1010. The number of benzene rings is 2. The maximum Gasteiger partial charge on any atom is 0.270 e. The minimum Gasteiger partial charge on any atom is -0.324 e. The number of hydrogen-bond donors (Lipinski definition) is 1. The van der Waals surface area contributed by atoms with Gasteiger partial charge in [0.1, 0.15) is 0 Å². The van der Waals surface area contributed by atoms with E-state index in [1.54, 1.807) is 0 Å². The molecule has 0 radical (unpaired) electrons. The van der Waals surface area contributed by atoms with Gasteiger partial charge in [-0.15, -0.1) is 0 Å². The molecule has 2 aromatic carbocycles. The maximum absolute atomic E-state index is 12.2. The molecule has 26 heavy (non-hydrogen) atoms. The molecule has 0 aliphatic heterocycles. The number of nitrogens with zero attached hydrogens (tertiary/aromatic N) is 2. The number of halogens is 1. The number of pyridine rings is 1. The summed E-state index contributed by atoms with van der Waals surface area (Å²) in [7, 11) is 0. The number of hydrogen-bond acceptors (Lipinski definition) is 5. The molecule has 6 nitrogen and oxygen atoms in total. The maximum atomic E-state index is 12.2. The van der Waals surface area contributed by atoms with Crippen molar-refractivity contribution in [3.8, 4) is 0 Å². The smallest absolute Gasteiger partial charge is 0.270 e. The second-order valence-corrected chi connectivity index (χ2v) is 7.40. The molecule has 0 aliphatic carbocycles. The molecule has 3 aromatic rings. The molecule has 0 bridgehead atoms. The number of carbonyl (C=O) groups is 1. The number of aromatic nitrogens is 1. The normalized spacial score (nSPS) is 10.7. The van der Waals surface area contributed by atoms with Gasteiger partial charge in [0.25, 0.3) is 5.69 Å². The van der Waals surface area contributed by atoms with Gasteiger partial charge < -0.3 is 5.32 Å². The monoisotopic (exact) mass is 431 g/mol. The molecule has 1 N–H and O–H groups in total. The summed E-state index contributed by atoms with van der Waals surface area (Å²) in [5.41, 5.74) is 2.45. The number of amides is 1. The number of fused-ring (bicyclic) bond motifs is 1. The number of carbonyl (C=O) groups excluding carboxylic acids is 1. The number of nitro benzene ring substituents is 1. The molecule has 0 saturated heterocycles. The number of nitrogens with one attached hydrogen (secondary N) is 1. The summed E-state index contributed by atoms with van der Waals surface area (Å²) in [4.78, 5) is 27.0. The summed E-state index contributed by atoms with van der Waals surface area (Å²) in [5.74, 6) is -0.0223. The van der Waals surface area contributed by atoms with Gasteiger partial charge in [-0.25, -0.2) is 4.98 Å². The number of aryl methyl sites for hydroxylation is 1. The van der Waals surface area contributed by atoms with Crippen LogP contribution in [-0.4, -0.2) is 21.6 Å². The highest BCUT2D eigenvalue weighted by molar-refractivity contribution is 9.10.